The summed E-state index contributed by atoms with van der Waals surface area (Å²) in [6.07, 6.45) is 6.30. The van der Waals surface area contributed by atoms with Crippen LogP contribution in [0, 0.1) is 0 Å². The molecule has 176 valence electrons. The van der Waals surface area contributed by atoms with Crippen molar-refractivity contribution in [3.63, 3.8) is 0 Å². The molecule has 1 unspecified atom stereocenters. The lowest BCUT2D eigenvalue weighted by atomic mass is 9.97. The van der Waals surface area contributed by atoms with Crippen LogP contribution in [0.4, 0.5) is 0 Å². The van der Waals surface area contributed by atoms with E-state index < -0.39 is 10.0 Å². The smallest absolute Gasteiger partial charge is 0.278 e. The van der Waals surface area contributed by atoms with Crippen molar-refractivity contribution in [1.29, 1.82) is 0 Å². The summed E-state index contributed by atoms with van der Waals surface area (Å²) in [4.78, 5) is 8.98. The first kappa shape index (κ1) is 24.2. The van der Waals surface area contributed by atoms with Gasteiger partial charge in [-0.25, -0.2) is 18.1 Å². The zero-order valence-corrected chi connectivity index (χ0v) is 20.4. The number of benzene rings is 2. The van der Waals surface area contributed by atoms with Crippen LogP contribution in [0.25, 0.3) is 0 Å². The predicted octanol–water partition coefficient (Wildman–Crippen LogP) is 5.30. The maximum Gasteiger partial charge on any atom is 0.278 e. The van der Waals surface area contributed by atoms with E-state index in [4.69, 9.17) is 9.47 Å². The fourth-order valence-electron chi connectivity index (χ4n) is 3.61. The maximum absolute atomic E-state index is 12.3. The molecule has 4 aromatic rings. The molecule has 0 amide bonds. The molecule has 2 aromatic carbocycles. The van der Waals surface area contributed by atoms with E-state index >= 15 is 0 Å². The second-order valence-electron chi connectivity index (χ2n) is 7.53. The molecule has 34 heavy (non-hydrogen) atoms. The van der Waals surface area contributed by atoms with Crippen LogP contribution >= 0.6 is 23.7 Å². The second-order valence-corrected chi connectivity index (χ2v) is 10.4. The summed E-state index contributed by atoms with van der Waals surface area (Å²) in [7, 11) is -3.63. The zero-order chi connectivity index (χ0) is 22.7. The number of fused-ring (bicyclic) bond motifs is 1. The van der Waals surface area contributed by atoms with Gasteiger partial charge < -0.3 is 9.47 Å². The number of halogens is 1. The Hall–Kier alpha value is -2.98. The number of aryl methyl sites for hydroxylation is 1. The Morgan fingerprint density at radius 1 is 1.09 bits per heavy atom. The minimum absolute atomic E-state index is 0. The minimum Gasteiger partial charge on any atom is -0.485 e. The summed E-state index contributed by atoms with van der Waals surface area (Å²) >= 11 is 1.29. The quantitative estimate of drug-likeness (QED) is 0.359. The molecule has 0 fully saturated rings. The van der Waals surface area contributed by atoms with Crippen LogP contribution in [-0.4, -0.2) is 18.4 Å². The molecule has 3 heterocycles. The van der Waals surface area contributed by atoms with Crippen molar-refractivity contribution in [2.75, 3.05) is 0 Å². The van der Waals surface area contributed by atoms with E-state index in [1.54, 1.807) is 12.3 Å². The third-order valence-electron chi connectivity index (χ3n) is 5.27. The van der Waals surface area contributed by atoms with Crippen LogP contribution in [0.3, 0.4) is 0 Å². The number of nitrogens with zero attached hydrogens (tertiary/aromatic N) is 2. The van der Waals surface area contributed by atoms with Gasteiger partial charge >= 0.3 is 0 Å². The van der Waals surface area contributed by atoms with Crippen molar-refractivity contribution in [2.45, 2.75) is 30.4 Å². The highest BCUT2D eigenvalue weighted by Gasteiger charge is 2.22. The van der Waals surface area contributed by atoms with Crippen LogP contribution in [0.15, 0.2) is 84.1 Å². The topological polar surface area (TPSA) is 90.4 Å². The van der Waals surface area contributed by atoms with Crippen molar-refractivity contribution in [3.05, 3.63) is 95.3 Å². The molecular formula is C24H22ClN3O4S2. The molecule has 0 aliphatic carbocycles. The second kappa shape index (κ2) is 10.5. The Labute approximate surface area is 208 Å². The van der Waals surface area contributed by atoms with Crippen molar-refractivity contribution in [1.82, 2.24) is 14.7 Å². The molecule has 1 aliphatic rings. The molecule has 0 spiro atoms. The molecule has 0 saturated heterocycles. The summed E-state index contributed by atoms with van der Waals surface area (Å²) in [6.45, 7) is 0.122. The highest BCUT2D eigenvalue weighted by molar-refractivity contribution is 7.89. The van der Waals surface area contributed by atoms with Gasteiger partial charge in [-0.15, -0.1) is 12.4 Å². The maximum atomic E-state index is 12.3. The summed E-state index contributed by atoms with van der Waals surface area (Å²) in [5.74, 6) is 1.54. The standard InChI is InChI=1S/C24H21N3O4S2.ClH/c28-33(29,21-7-4-12-25-16-21)27-15-20-14-26-24(32-20)30-19-9-11-23-18(13-19)8-10-22(31-23)17-5-2-1-3-6-17;/h1-7,9,11-14,16,22,27H,8,10,15H2;1H. The Balaban J connectivity index is 0.00000274. The molecule has 7 nitrogen and oxygen atoms in total. The highest BCUT2D eigenvalue weighted by atomic mass is 35.5. The fourth-order valence-corrected chi connectivity index (χ4v) is 5.38. The minimum atomic E-state index is -3.63. The number of rotatable bonds is 7. The number of hydrogen-bond donors (Lipinski definition) is 1. The van der Waals surface area contributed by atoms with Gasteiger partial charge in [0.15, 0.2) is 0 Å². The lowest BCUT2D eigenvalue weighted by Crippen LogP contribution is -2.22. The molecule has 0 saturated carbocycles. The van der Waals surface area contributed by atoms with Gasteiger partial charge in [0.05, 0.1) is 0 Å². The Morgan fingerprint density at radius 2 is 1.94 bits per heavy atom. The van der Waals surface area contributed by atoms with Gasteiger partial charge in [-0.2, -0.15) is 0 Å². The Bertz CT molecular complexity index is 1350. The lowest BCUT2D eigenvalue weighted by molar-refractivity contribution is 0.176. The van der Waals surface area contributed by atoms with Gasteiger partial charge in [0.25, 0.3) is 5.19 Å². The Morgan fingerprint density at radius 3 is 2.74 bits per heavy atom. The van der Waals surface area contributed by atoms with Crippen molar-refractivity contribution >= 4 is 33.8 Å². The first-order valence-electron chi connectivity index (χ1n) is 10.4. The van der Waals surface area contributed by atoms with E-state index in [0.717, 1.165) is 29.0 Å². The largest absolute Gasteiger partial charge is 0.485 e. The number of aromatic nitrogens is 2. The predicted molar refractivity (Wildman–Crippen MR) is 132 cm³/mol. The summed E-state index contributed by atoms with van der Waals surface area (Å²) < 4.78 is 39.4. The normalized spacial score (nSPS) is 15.0. The molecular weight excluding hydrogens is 494 g/mol. The van der Waals surface area contributed by atoms with Gasteiger partial charge in [0.2, 0.25) is 10.0 Å². The van der Waals surface area contributed by atoms with Crippen molar-refractivity contribution < 1.29 is 17.9 Å². The molecule has 0 radical (unpaired) electrons. The average molecular weight is 516 g/mol. The summed E-state index contributed by atoms with van der Waals surface area (Å²) in [5, 5.41) is 0.449. The fraction of sp³-hybridized carbons (Fsp3) is 0.167. The van der Waals surface area contributed by atoms with Crippen LogP contribution < -0.4 is 14.2 Å². The number of sulfonamides is 1. The zero-order valence-electron chi connectivity index (χ0n) is 18.0. The molecule has 2 aromatic heterocycles. The number of hydrogen-bond acceptors (Lipinski definition) is 7. The monoisotopic (exact) mass is 515 g/mol. The van der Waals surface area contributed by atoms with E-state index in [-0.39, 0.29) is 30.0 Å². The SMILES string of the molecule is Cl.O=S(=O)(NCc1cnc(Oc2ccc3c(c2)CCC(c2ccccc2)O3)s1)c1cccnc1. The van der Waals surface area contributed by atoms with Crippen molar-refractivity contribution in [2.24, 2.45) is 0 Å². The summed E-state index contributed by atoms with van der Waals surface area (Å²) in [5.41, 5.74) is 2.28. The molecule has 0 bridgehead atoms. The van der Waals surface area contributed by atoms with Gasteiger partial charge in [-0.1, -0.05) is 41.7 Å². The van der Waals surface area contributed by atoms with Crippen LogP contribution in [-0.2, 0) is 23.0 Å². The van der Waals surface area contributed by atoms with Crippen LogP contribution in [0.1, 0.15) is 28.5 Å². The number of thiazole rings is 1. The molecule has 1 N–H and O–H groups in total. The van der Waals surface area contributed by atoms with E-state index in [0.29, 0.717) is 10.9 Å². The molecule has 10 heteroatoms. The average Bonchev–Trinajstić information content (AvgIpc) is 3.31. The first-order chi connectivity index (χ1) is 16.1. The van der Waals surface area contributed by atoms with E-state index in [9.17, 15) is 8.42 Å². The van der Waals surface area contributed by atoms with Gasteiger partial charge in [0, 0.05) is 30.0 Å². The van der Waals surface area contributed by atoms with Crippen LogP contribution in [0.2, 0.25) is 0 Å². The van der Waals surface area contributed by atoms with E-state index in [1.807, 2.05) is 36.4 Å². The number of ether oxygens (including phenoxy) is 2. The number of nitrogens with one attached hydrogen (secondary N) is 1. The Kier molecular flexibility index (Phi) is 7.47. The van der Waals surface area contributed by atoms with Gasteiger partial charge in [-0.3, -0.25) is 4.98 Å². The highest BCUT2D eigenvalue weighted by Crippen LogP contribution is 2.38. The third kappa shape index (κ3) is 5.56. The molecule has 5 rings (SSSR count). The van der Waals surface area contributed by atoms with Crippen LogP contribution in [0.5, 0.6) is 16.7 Å². The first-order valence-corrected chi connectivity index (χ1v) is 12.7. The number of pyridine rings is 1. The van der Waals surface area contributed by atoms with Gasteiger partial charge in [-0.05, 0) is 54.3 Å². The van der Waals surface area contributed by atoms with E-state index in [1.165, 1.54) is 35.4 Å². The summed E-state index contributed by atoms with van der Waals surface area (Å²) in [6, 6.07) is 19.1. The third-order valence-corrected chi connectivity index (χ3v) is 7.53. The molecule has 1 aliphatic heterocycles. The van der Waals surface area contributed by atoms with Crippen molar-refractivity contribution in [3.8, 4) is 16.7 Å². The molecule has 1 atom stereocenters. The van der Waals surface area contributed by atoms with Gasteiger partial charge in [0.1, 0.15) is 22.5 Å². The lowest BCUT2D eigenvalue weighted by Gasteiger charge is -2.26. The van der Waals surface area contributed by atoms with E-state index in [2.05, 4.69) is 26.8 Å².